The molecule has 0 saturated carbocycles. The average molecular weight is 242 g/mol. The summed E-state index contributed by atoms with van der Waals surface area (Å²) in [6.07, 6.45) is 1.04. The molecule has 0 radical (unpaired) electrons. The van der Waals surface area contributed by atoms with Gasteiger partial charge in [0, 0.05) is 0 Å². The Morgan fingerprint density at radius 1 is 1.31 bits per heavy atom. The number of anilines is 1. The van der Waals surface area contributed by atoms with Gasteiger partial charge in [-0.25, -0.2) is 8.42 Å². The first kappa shape index (κ1) is 12.5. The topological polar surface area (TPSA) is 80.5 Å². The van der Waals surface area contributed by atoms with Crippen LogP contribution in [0.3, 0.4) is 0 Å². The van der Waals surface area contributed by atoms with Gasteiger partial charge in [-0.3, -0.25) is 9.10 Å². The van der Waals surface area contributed by atoms with Gasteiger partial charge < -0.3 is 5.73 Å². The highest BCUT2D eigenvalue weighted by Gasteiger charge is 2.27. The summed E-state index contributed by atoms with van der Waals surface area (Å²) in [5.74, 6) is -0.686. The smallest absolute Gasteiger partial charge is 0.241 e. The molecule has 16 heavy (non-hydrogen) atoms. The van der Waals surface area contributed by atoms with Crippen LogP contribution >= 0.6 is 0 Å². The lowest BCUT2D eigenvalue weighted by atomic mass is 10.2. The third-order valence-electron chi connectivity index (χ3n) is 2.13. The van der Waals surface area contributed by atoms with Crippen LogP contribution in [0.25, 0.3) is 0 Å². The Morgan fingerprint density at radius 2 is 1.81 bits per heavy atom. The number of primary amides is 1. The van der Waals surface area contributed by atoms with E-state index in [2.05, 4.69) is 0 Å². The van der Waals surface area contributed by atoms with Crippen molar-refractivity contribution in [3.05, 3.63) is 30.3 Å². The Morgan fingerprint density at radius 3 is 2.19 bits per heavy atom. The summed E-state index contributed by atoms with van der Waals surface area (Å²) >= 11 is 0. The SMILES string of the molecule is CC(C(N)=O)N(c1ccccc1)S(C)(=O)=O. The molecule has 1 unspecified atom stereocenters. The van der Waals surface area contributed by atoms with Crippen molar-refractivity contribution in [3.8, 4) is 0 Å². The molecule has 0 aliphatic heterocycles. The molecule has 0 bridgehead atoms. The standard InChI is InChI=1S/C10H14N2O3S/c1-8(10(11)13)12(16(2,14)15)9-6-4-3-5-7-9/h3-8H,1-2H3,(H2,11,13). The van der Waals surface area contributed by atoms with Crippen molar-refractivity contribution < 1.29 is 13.2 Å². The van der Waals surface area contributed by atoms with Gasteiger partial charge in [0.2, 0.25) is 15.9 Å². The summed E-state index contributed by atoms with van der Waals surface area (Å²) in [6, 6.07) is 7.47. The van der Waals surface area contributed by atoms with Crippen molar-refractivity contribution in [2.45, 2.75) is 13.0 Å². The molecule has 1 rings (SSSR count). The third kappa shape index (κ3) is 2.73. The quantitative estimate of drug-likeness (QED) is 0.826. The van der Waals surface area contributed by atoms with Crippen molar-refractivity contribution in [1.29, 1.82) is 0 Å². The monoisotopic (exact) mass is 242 g/mol. The first-order valence-corrected chi connectivity index (χ1v) is 6.52. The molecular formula is C10H14N2O3S. The van der Waals surface area contributed by atoms with E-state index in [-0.39, 0.29) is 0 Å². The minimum absolute atomic E-state index is 0.427. The second-order valence-electron chi connectivity index (χ2n) is 3.47. The van der Waals surface area contributed by atoms with E-state index in [1.807, 2.05) is 0 Å². The Hall–Kier alpha value is -1.56. The van der Waals surface area contributed by atoms with Crippen molar-refractivity contribution >= 4 is 21.6 Å². The number of para-hydroxylation sites is 1. The zero-order valence-corrected chi connectivity index (χ0v) is 9.94. The molecule has 0 aliphatic carbocycles. The van der Waals surface area contributed by atoms with Crippen molar-refractivity contribution in [3.63, 3.8) is 0 Å². The molecule has 6 heteroatoms. The maximum absolute atomic E-state index is 11.6. The number of carbonyl (C=O) groups is 1. The fourth-order valence-corrected chi connectivity index (χ4v) is 2.58. The van der Waals surface area contributed by atoms with Crippen molar-refractivity contribution in [2.75, 3.05) is 10.6 Å². The highest BCUT2D eigenvalue weighted by molar-refractivity contribution is 7.92. The average Bonchev–Trinajstić information content (AvgIpc) is 2.17. The zero-order chi connectivity index (χ0) is 12.3. The lowest BCUT2D eigenvalue weighted by molar-refractivity contribution is -0.118. The van der Waals surface area contributed by atoms with Crippen LogP contribution < -0.4 is 10.0 Å². The zero-order valence-electron chi connectivity index (χ0n) is 9.12. The maximum atomic E-state index is 11.6. The molecular weight excluding hydrogens is 228 g/mol. The fourth-order valence-electron chi connectivity index (χ4n) is 1.39. The fraction of sp³-hybridized carbons (Fsp3) is 0.300. The van der Waals surface area contributed by atoms with E-state index in [0.717, 1.165) is 10.6 Å². The lowest BCUT2D eigenvalue weighted by Gasteiger charge is -2.26. The number of nitrogens with two attached hydrogens (primary N) is 1. The van der Waals surface area contributed by atoms with E-state index in [1.54, 1.807) is 30.3 Å². The van der Waals surface area contributed by atoms with Gasteiger partial charge in [0.1, 0.15) is 6.04 Å². The Labute approximate surface area is 94.9 Å². The molecule has 5 nitrogen and oxygen atoms in total. The molecule has 1 aromatic rings. The first-order valence-electron chi connectivity index (χ1n) is 4.68. The molecule has 0 spiro atoms. The van der Waals surface area contributed by atoms with E-state index in [1.165, 1.54) is 6.92 Å². The number of sulfonamides is 1. The highest BCUT2D eigenvalue weighted by Crippen LogP contribution is 2.19. The van der Waals surface area contributed by atoms with Crippen LogP contribution in [0.1, 0.15) is 6.92 Å². The summed E-state index contributed by atoms with van der Waals surface area (Å²) in [5.41, 5.74) is 5.55. The Kier molecular flexibility index (Phi) is 3.54. The van der Waals surface area contributed by atoms with Gasteiger partial charge in [0.15, 0.2) is 0 Å². The van der Waals surface area contributed by atoms with Gasteiger partial charge in [0.25, 0.3) is 0 Å². The second-order valence-corrected chi connectivity index (χ2v) is 5.33. The molecule has 2 N–H and O–H groups in total. The number of hydrogen-bond donors (Lipinski definition) is 1. The largest absolute Gasteiger partial charge is 0.368 e. The lowest BCUT2D eigenvalue weighted by Crippen LogP contribution is -2.45. The molecule has 1 amide bonds. The predicted molar refractivity (Wildman–Crippen MR) is 62.4 cm³/mol. The molecule has 0 heterocycles. The molecule has 0 saturated heterocycles. The minimum Gasteiger partial charge on any atom is -0.368 e. The molecule has 0 aliphatic rings. The molecule has 1 aromatic carbocycles. The van der Waals surface area contributed by atoms with E-state index >= 15 is 0 Å². The summed E-state index contributed by atoms with van der Waals surface area (Å²) in [5, 5.41) is 0. The molecule has 88 valence electrons. The van der Waals surface area contributed by atoms with Crippen LogP contribution in [-0.2, 0) is 14.8 Å². The number of hydrogen-bond acceptors (Lipinski definition) is 3. The van der Waals surface area contributed by atoms with Crippen molar-refractivity contribution in [1.82, 2.24) is 0 Å². The van der Waals surface area contributed by atoms with E-state index in [9.17, 15) is 13.2 Å². The third-order valence-corrected chi connectivity index (χ3v) is 3.37. The number of amides is 1. The number of benzene rings is 1. The van der Waals surface area contributed by atoms with Crippen LogP contribution in [0.2, 0.25) is 0 Å². The minimum atomic E-state index is -3.53. The van der Waals surface area contributed by atoms with Gasteiger partial charge in [-0.1, -0.05) is 18.2 Å². The molecule has 0 aromatic heterocycles. The number of nitrogens with zero attached hydrogens (tertiary/aromatic N) is 1. The normalized spacial score (nSPS) is 13.1. The van der Waals surface area contributed by atoms with Gasteiger partial charge in [-0.05, 0) is 19.1 Å². The van der Waals surface area contributed by atoms with Gasteiger partial charge in [-0.15, -0.1) is 0 Å². The van der Waals surface area contributed by atoms with Crippen LogP contribution in [-0.4, -0.2) is 26.6 Å². The summed E-state index contributed by atoms with van der Waals surface area (Å²) in [4.78, 5) is 11.1. The van der Waals surface area contributed by atoms with Crippen LogP contribution in [0.15, 0.2) is 30.3 Å². The Balaban J connectivity index is 3.23. The van der Waals surface area contributed by atoms with E-state index < -0.39 is 22.0 Å². The Bertz CT molecular complexity index is 470. The van der Waals surface area contributed by atoms with E-state index in [4.69, 9.17) is 5.73 Å². The van der Waals surface area contributed by atoms with Gasteiger partial charge >= 0.3 is 0 Å². The van der Waals surface area contributed by atoms with Crippen molar-refractivity contribution in [2.24, 2.45) is 5.73 Å². The summed E-state index contributed by atoms with van der Waals surface area (Å²) in [6.45, 7) is 1.45. The highest BCUT2D eigenvalue weighted by atomic mass is 32.2. The first-order chi connectivity index (χ1) is 7.34. The van der Waals surface area contributed by atoms with Gasteiger partial charge in [-0.2, -0.15) is 0 Å². The van der Waals surface area contributed by atoms with Crippen LogP contribution in [0, 0.1) is 0 Å². The molecule has 1 atom stereocenters. The number of carbonyl (C=O) groups excluding carboxylic acids is 1. The van der Waals surface area contributed by atoms with Crippen LogP contribution in [0.5, 0.6) is 0 Å². The molecule has 0 fully saturated rings. The summed E-state index contributed by atoms with van der Waals surface area (Å²) < 4.78 is 24.2. The number of rotatable bonds is 4. The van der Waals surface area contributed by atoms with E-state index in [0.29, 0.717) is 5.69 Å². The second kappa shape index (κ2) is 4.52. The predicted octanol–water partition coefficient (Wildman–Crippen LogP) is 0.326. The van der Waals surface area contributed by atoms with Crippen LogP contribution in [0.4, 0.5) is 5.69 Å². The maximum Gasteiger partial charge on any atom is 0.241 e. The van der Waals surface area contributed by atoms with Gasteiger partial charge in [0.05, 0.1) is 11.9 Å². The summed E-state index contributed by atoms with van der Waals surface area (Å²) in [7, 11) is -3.53.